The minimum atomic E-state index is -0.844. The summed E-state index contributed by atoms with van der Waals surface area (Å²) in [6.07, 6.45) is 1.56. The monoisotopic (exact) mass is 319 g/mol. The van der Waals surface area contributed by atoms with Crippen molar-refractivity contribution in [3.63, 3.8) is 0 Å². The SMILES string of the molecule is CC(=O)N1COCN(Cc2cnc(Cl)s2)/C1=N/[N+](=O)[O-]. The van der Waals surface area contributed by atoms with Gasteiger partial charge >= 0.3 is 0 Å². The van der Waals surface area contributed by atoms with Crippen molar-refractivity contribution in [1.29, 1.82) is 0 Å². The Bertz CT molecular complexity index is 562. The van der Waals surface area contributed by atoms with Crippen LogP contribution in [0, 0.1) is 10.1 Å². The highest BCUT2D eigenvalue weighted by Gasteiger charge is 2.30. The van der Waals surface area contributed by atoms with Gasteiger partial charge in [-0.3, -0.25) is 9.69 Å². The first-order valence-electron chi connectivity index (χ1n) is 5.41. The molecule has 0 radical (unpaired) electrons. The van der Waals surface area contributed by atoms with E-state index in [0.29, 0.717) is 4.47 Å². The lowest BCUT2D eigenvalue weighted by Gasteiger charge is -2.34. The molecule has 1 saturated heterocycles. The number of rotatable bonds is 3. The van der Waals surface area contributed by atoms with Gasteiger partial charge in [-0.1, -0.05) is 11.6 Å². The number of thiazole rings is 1. The molecule has 0 aliphatic carbocycles. The number of hydrogen-bond acceptors (Lipinski definition) is 6. The molecule has 20 heavy (non-hydrogen) atoms. The quantitative estimate of drug-likeness (QED) is 0.607. The fraction of sp³-hybridized carbons (Fsp3) is 0.444. The maximum Gasteiger partial charge on any atom is 0.284 e. The molecule has 0 aromatic carbocycles. The number of nitrogens with zero attached hydrogens (tertiary/aromatic N) is 5. The molecule has 1 aromatic rings. The molecule has 0 unspecified atom stereocenters. The molecule has 0 bridgehead atoms. The molecule has 1 amide bonds. The third-order valence-electron chi connectivity index (χ3n) is 2.42. The van der Waals surface area contributed by atoms with Crippen LogP contribution in [0.5, 0.6) is 0 Å². The average Bonchev–Trinajstić information content (AvgIpc) is 2.76. The number of ether oxygens (including phenoxy) is 1. The molecule has 11 heteroatoms. The number of hydrogen-bond donors (Lipinski definition) is 0. The zero-order valence-electron chi connectivity index (χ0n) is 10.4. The summed E-state index contributed by atoms with van der Waals surface area (Å²) < 4.78 is 5.60. The van der Waals surface area contributed by atoms with Gasteiger partial charge in [0, 0.05) is 18.0 Å². The fourth-order valence-corrected chi connectivity index (χ4v) is 2.61. The lowest BCUT2D eigenvalue weighted by Crippen LogP contribution is -2.53. The first-order valence-corrected chi connectivity index (χ1v) is 6.61. The third kappa shape index (κ3) is 3.40. The van der Waals surface area contributed by atoms with Crippen LogP contribution in [0.25, 0.3) is 0 Å². The van der Waals surface area contributed by atoms with Crippen LogP contribution in [0.2, 0.25) is 4.47 Å². The predicted octanol–water partition coefficient (Wildman–Crippen LogP) is 0.940. The van der Waals surface area contributed by atoms with Crippen LogP contribution in [0.3, 0.4) is 0 Å². The second kappa shape index (κ2) is 6.11. The number of hydrazone groups is 1. The smallest absolute Gasteiger partial charge is 0.284 e. The molecule has 1 fully saturated rings. The van der Waals surface area contributed by atoms with Crippen molar-refractivity contribution in [3.05, 3.63) is 25.7 Å². The lowest BCUT2D eigenvalue weighted by molar-refractivity contribution is -0.486. The summed E-state index contributed by atoms with van der Waals surface area (Å²) in [5, 5.41) is 13.0. The summed E-state index contributed by atoms with van der Waals surface area (Å²) in [5.74, 6) is -0.448. The Balaban J connectivity index is 2.24. The summed E-state index contributed by atoms with van der Waals surface area (Å²) >= 11 is 6.97. The van der Waals surface area contributed by atoms with E-state index in [-0.39, 0.29) is 26.0 Å². The Labute approximate surface area is 122 Å². The van der Waals surface area contributed by atoms with E-state index in [1.807, 2.05) is 0 Å². The van der Waals surface area contributed by atoms with Gasteiger partial charge < -0.3 is 9.64 Å². The van der Waals surface area contributed by atoms with Gasteiger partial charge in [0.15, 0.2) is 9.50 Å². The first-order chi connectivity index (χ1) is 9.47. The molecule has 2 rings (SSSR count). The molecule has 108 valence electrons. The standard InChI is InChI=1S/C9H10ClN5O4S/c1-6(16)14-5-19-4-13(9(14)12-15(17)18)3-7-2-11-8(10)20-7/h2H,3-5H2,1H3/b12-9-. The average molecular weight is 320 g/mol. The molecule has 2 heterocycles. The van der Waals surface area contributed by atoms with Gasteiger partial charge in [0.05, 0.1) is 6.54 Å². The van der Waals surface area contributed by atoms with Crippen LogP contribution in [-0.4, -0.2) is 45.1 Å². The number of carbonyl (C=O) groups is 1. The van der Waals surface area contributed by atoms with Gasteiger partial charge in [0.2, 0.25) is 5.91 Å². The Hall–Kier alpha value is -1.78. The van der Waals surface area contributed by atoms with E-state index in [9.17, 15) is 14.9 Å². The van der Waals surface area contributed by atoms with E-state index in [1.165, 1.54) is 23.2 Å². The van der Waals surface area contributed by atoms with Gasteiger partial charge in [-0.2, -0.15) is 0 Å². The fourth-order valence-electron chi connectivity index (χ4n) is 1.61. The zero-order chi connectivity index (χ0) is 14.7. The van der Waals surface area contributed by atoms with Crippen molar-refractivity contribution in [2.75, 3.05) is 13.5 Å². The summed E-state index contributed by atoms with van der Waals surface area (Å²) in [6, 6.07) is 0. The maximum absolute atomic E-state index is 11.5. The summed E-state index contributed by atoms with van der Waals surface area (Å²) in [6.45, 7) is 1.57. The molecular weight excluding hydrogens is 310 g/mol. The molecular formula is C9H10ClN5O4S. The molecule has 9 nitrogen and oxygen atoms in total. The summed E-state index contributed by atoms with van der Waals surface area (Å²) in [5.41, 5.74) is 0. The van der Waals surface area contributed by atoms with Crippen LogP contribution >= 0.6 is 22.9 Å². The van der Waals surface area contributed by atoms with E-state index in [2.05, 4.69) is 10.1 Å². The summed E-state index contributed by atoms with van der Waals surface area (Å²) in [4.78, 5) is 29.3. The van der Waals surface area contributed by atoms with Crippen molar-refractivity contribution < 1.29 is 14.6 Å². The normalized spacial score (nSPS) is 17.6. The number of guanidine groups is 1. The van der Waals surface area contributed by atoms with E-state index in [1.54, 1.807) is 6.20 Å². The predicted molar refractivity (Wildman–Crippen MR) is 70.4 cm³/mol. The minimum Gasteiger partial charge on any atom is -0.340 e. The largest absolute Gasteiger partial charge is 0.340 e. The number of halogens is 1. The van der Waals surface area contributed by atoms with Crippen molar-refractivity contribution in [2.45, 2.75) is 13.5 Å². The summed E-state index contributed by atoms with van der Waals surface area (Å²) in [7, 11) is 0. The third-order valence-corrected chi connectivity index (χ3v) is 3.51. The Morgan fingerprint density at radius 1 is 1.70 bits per heavy atom. The van der Waals surface area contributed by atoms with Crippen molar-refractivity contribution in [1.82, 2.24) is 14.8 Å². The minimum absolute atomic E-state index is 0.0572. The molecule has 0 saturated carbocycles. The van der Waals surface area contributed by atoms with E-state index in [4.69, 9.17) is 16.3 Å². The molecule has 1 aliphatic heterocycles. The van der Waals surface area contributed by atoms with Gasteiger partial charge in [0.1, 0.15) is 18.6 Å². The Morgan fingerprint density at radius 3 is 3.00 bits per heavy atom. The van der Waals surface area contributed by atoms with Gasteiger partial charge in [-0.15, -0.1) is 11.3 Å². The number of nitro groups is 1. The van der Waals surface area contributed by atoms with Crippen LogP contribution in [0.15, 0.2) is 11.3 Å². The number of amides is 1. The highest BCUT2D eigenvalue weighted by molar-refractivity contribution is 7.15. The zero-order valence-corrected chi connectivity index (χ0v) is 11.9. The lowest BCUT2D eigenvalue weighted by atomic mass is 10.4. The first kappa shape index (κ1) is 14.6. The number of aromatic nitrogens is 1. The van der Waals surface area contributed by atoms with E-state index >= 15 is 0 Å². The Kier molecular flexibility index (Phi) is 4.47. The van der Waals surface area contributed by atoms with Crippen LogP contribution in [0.4, 0.5) is 0 Å². The highest BCUT2D eigenvalue weighted by Crippen LogP contribution is 2.21. The number of carbonyl (C=O) groups excluding carboxylic acids is 1. The molecule has 1 aromatic heterocycles. The van der Waals surface area contributed by atoms with Gasteiger partial charge in [-0.05, 0) is 0 Å². The highest BCUT2D eigenvalue weighted by atomic mass is 35.5. The van der Waals surface area contributed by atoms with Crippen molar-refractivity contribution in [3.8, 4) is 0 Å². The van der Waals surface area contributed by atoms with Crippen LogP contribution in [-0.2, 0) is 16.1 Å². The second-order valence-corrected chi connectivity index (χ2v) is 5.52. The van der Waals surface area contributed by atoms with Crippen molar-refractivity contribution >= 4 is 34.8 Å². The van der Waals surface area contributed by atoms with E-state index < -0.39 is 10.9 Å². The molecule has 0 spiro atoms. The second-order valence-electron chi connectivity index (χ2n) is 3.82. The topological polar surface area (TPSA) is 101 Å². The molecule has 0 atom stereocenters. The van der Waals surface area contributed by atoms with E-state index in [0.717, 1.165) is 9.78 Å². The van der Waals surface area contributed by atoms with Gasteiger partial charge in [0.25, 0.3) is 5.96 Å². The van der Waals surface area contributed by atoms with Crippen LogP contribution < -0.4 is 0 Å². The maximum atomic E-state index is 11.5. The Morgan fingerprint density at radius 2 is 2.45 bits per heavy atom. The van der Waals surface area contributed by atoms with Gasteiger partial charge in [-0.25, -0.2) is 15.1 Å². The molecule has 0 N–H and O–H groups in total. The van der Waals surface area contributed by atoms with Crippen LogP contribution in [0.1, 0.15) is 11.8 Å². The molecule has 1 aliphatic rings. The van der Waals surface area contributed by atoms with Crippen molar-refractivity contribution in [2.24, 2.45) is 5.10 Å².